The van der Waals surface area contributed by atoms with Gasteiger partial charge in [-0.2, -0.15) is 0 Å². The van der Waals surface area contributed by atoms with Crippen molar-refractivity contribution in [3.8, 4) is 0 Å². The maximum Gasteiger partial charge on any atom is 0.0377 e. The van der Waals surface area contributed by atoms with Crippen LogP contribution >= 0.6 is 0 Å². The standard InChI is InChI=1S/C17H27N/c1-13(2)16-11-7-8-12-17(16)18-14(3)15-9-5-4-6-10-15/h7-8,11-15,18H,4-6,9-10H2,1-3H3. The van der Waals surface area contributed by atoms with Crippen LogP contribution in [0.15, 0.2) is 24.3 Å². The van der Waals surface area contributed by atoms with Crippen LogP contribution in [0.4, 0.5) is 5.69 Å². The van der Waals surface area contributed by atoms with Gasteiger partial charge in [0.1, 0.15) is 0 Å². The van der Waals surface area contributed by atoms with Gasteiger partial charge in [0.05, 0.1) is 0 Å². The van der Waals surface area contributed by atoms with Crippen molar-refractivity contribution in [2.75, 3.05) is 5.32 Å². The molecule has 1 aromatic rings. The van der Waals surface area contributed by atoms with Gasteiger partial charge in [-0.15, -0.1) is 0 Å². The fourth-order valence-corrected chi connectivity index (χ4v) is 3.13. The third-order valence-corrected chi connectivity index (χ3v) is 4.32. The first kappa shape index (κ1) is 13.5. The molecule has 0 heterocycles. The van der Waals surface area contributed by atoms with Crippen LogP contribution in [0.1, 0.15) is 64.4 Å². The van der Waals surface area contributed by atoms with Crippen LogP contribution < -0.4 is 5.32 Å². The number of nitrogens with one attached hydrogen (secondary N) is 1. The fourth-order valence-electron chi connectivity index (χ4n) is 3.13. The number of rotatable bonds is 4. The molecule has 1 N–H and O–H groups in total. The van der Waals surface area contributed by atoms with Crippen molar-refractivity contribution in [3.05, 3.63) is 29.8 Å². The van der Waals surface area contributed by atoms with Crippen molar-refractivity contribution in [2.24, 2.45) is 5.92 Å². The van der Waals surface area contributed by atoms with Gasteiger partial charge in [0.2, 0.25) is 0 Å². The summed E-state index contributed by atoms with van der Waals surface area (Å²) in [6, 6.07) is 9.37. The lowest BCUT2D eigenvalue weighted by atomic mass is 9.84. The second-order valence-electron chi connectivity index (χ2n) is 6.07. The molecular weight excluding hydrogens is 218 g/mol. The van der Waals surface area contributed by atoms with Crippen LogP contribution in [0.2, 0.25) is 0 Å². The zero-order valence-electron chi connectivity index (χ0n) is 12.1. The van der Waals surface area contributed by atoms with Gasteiger partial charge >= 0.3 is 0 Å². The Kier molecular flexibility index (Phi) is 4.68. The van der Waals surface area contributed by atoms with E-state index < -0.39 is 0 Å². The monoisotopic (exact) mass is 245 g/mol. The Morgan fingerprint density at radius 2 is 1.67 bits per heavy atom. The van der Waals surface area contributed by atoms with Gasteiger partial charge in [0, 0.05) is 11.7 Å². The molecule has 1 unspecified atom stereocenters. The summed E-state index contributed by atoms with van der Waals surface area (Å²) in [6.45, 7) is 6.89. The summed E-state index contributed by atoms with van der Waals surface area (Å²) in [5.74, 6) is 1.45. The van der Waals surface area contributed by atoms with Crippen LogP contribution in [-0.2, 0) is 0 Å². The van der Waals surface area contributed by atoms with Gasteiger partial charge in [0.15, 0.2) is 0 Å². The van der Waals surface area contributed by atoms with E-state index in [4.69, 9.17) is 0 Å². The summed E-state index contributed by atoms with van der Waals surface area (Å²) < 4.78 is 0. The Morgan fingerprint density at radius 3 is 2.33 bits per heavy atom. The topological polar surface area (TPSA) is 12.0 Å². The molecule has 0 amide bonds. The van der Waals surface area contributed by atoms with Crippen molar-refractivity contribution < 1.29 is 0 Å². The first-order valence-electron chi connectivity index (χ1n) is 7.54. The van der Waals surface area contributed by atoms with Crippen LogP contribution in [-0.4, -0.2) is 6.04 Å². The molecule has 1 aliphatic rings. The van der Waals surface area contributed by atoms with E-state index in [-0.39, 0.29) is 0 Å². The van der Waals surface area contributed by atoms with Crippen molar-refractivity contribution in [1.82, 2.24) is 0 Å². The lowest BCUT2D eigenvalue weighted by Gasteiger charge is -2.30. The van der Waals surface area contributed by atoms with E-state index in [0.29, 0.717) is 12.0 Å². The first-order chi connectivity index (χ1) is 8.68. The van der Waals surface area contributed by atoms with E-state index in [0.717, 1.165) is 5.92 Å². The smallest absolute Gasteiger partial charge is 0.0377 e. The van der Waals surface area contributed by atoms with Crippen LogP contribution in [0.5, 0.6) is 0 Å². The molecule has 0 radical (unpaired) electrons. The summed E-state index contributed by atoms with van der Waals surface area (Å²) in [6.07, 6.45) is 7.08. The highest BCUT2D eigenvalue weighted by atomic mass is 14.9. The molecule has 100 valence electrons. The Morgan fingerprint density at radius 1 is 1.00 bits per heavy atom. The predicted molar refractivity (Wildman–Crippen MR) is 80.2 cm³/mol. The van der Waals surface area contributed by atoms with E-state index in [9.17, 15) is 0 Å². The van der Waals surface area contributed by atoms with Gasteiger partial charge in [-0.1, -0.05) is 51.3 Å². The molecule has 1 aromatic carbocycles. The van der Waals surface area contributed by atoms with Crippen LogP contribution in [0, 0.1) is 5.92 Å². The zero-order valence-corrected chi connectivity index (χ0v) is 12.1. The minimum atomic E-state index is 0.590. The normalized spacial score (nSPS) is 18.9. The first-order valence-corrected chi connectivity index (χ1v) is 7.54. The Balaban J connectivity index is 2.03. The summed E-state index contributed by atoms with van der Waals surface area (Å²) >= 11 is 0. The van der Waals surface area contributed by atoms with Gasteiger partial charge in [-0.3, -0.25) is 0 Å². The van der Waals surface area contributed by atoms with Gasteiger partial charge in [-0.25, -0.2) is 0 Å². The lowest BCUT2D eigenvalue weighted by Crippen LogP contribution is -2.28. The second kappa shape index (κ2) is 6.26. The number of anilines is 1. The van der Waals surface area contributed by atoms with Crippen molar-refractivity contribution in [2.45, 2.75) is 64.8 Å². The summed E-state index contributed by atoms with van der Waals surface area (Å²) in [5, 5.41) is 3.76. The fraction of sp³-hybridized carbons (Fsp3) is 0.647. The Hall–Kier alpha value is -0.980. The third kappa shape index (κ3) is 3.28. The average molecular weight is 245 g/mol. The molecule has 18 heavy (non-hydrogen) atoms. The zero-order chi connectivity index (χ0) is 13.0. The van der Waals surface area contributed by atoms with Crippen LogP contribution in [0.3, 0.4) is 0 Å². The van der Waals surface area contributed by atoms with E-state index in [2.05, 4.69) is 50.4 Å². The molecule has 1 fully saturated rings. The molecule has 2 rings (SSSR count). The van der Waals surface area contributed by atoms with E-state index >= 15 is 0 Å². The van der Waals surface area contributed by atoms with Gasteiger partial charge in [0.25, 0.3) is 0 Å². The van der Waals surface area contributed by atoms with Gasteiger partial charge in [-0.05, 0) is 43.2 Å². The number of hydrogen-bond donors (Lipinski definition) is 1. The van der Waals surface area contributed by atoms with Crippen molar-refractivity contribution in [1.29, 1.82) is 0 Å². The minimum absolute atomic E-state index is 0.590. The number of benzene rings is 1. The molecule has 0 aromatic heterocycles. The van der Waals surface area contributed by atoms with Crippen LogP contribution in [0.25, 0.3) is 0 Å². The quantitative estimate of drug-likeness (QED) is 0.769. The van der Waals surface area contributed by atoms with E-state index in [1.54, 1.807) is 0 Å². The summed E-state index contributed by atoms with van der Waals surface area (Å²) in [4.78, 5) is 0. The molecule has 0 spiro atoms. The molecule has 1 heteroatoms. The lowest BCUT2D eigenvalue weighted by molar-refractivity contribution is 0.328. The predicted octanol–water partition coefficient (Wildman–Crippen LogP) is 5.19. The van der Waals surface area contributed by atoms with Crippen molar-refractivity contribution in [3.63, 3.8) is 0 Å². The summed E-state index contributed by atoms with van der Waals surface area (Å²) in [5.41, 5.74) is 2.78. The molecule has 0 aliphatic heterocycles. The number of para-hydroxylation sites is 1. The van der Waals surface area contributed by atoms with Crippen molar-refractivity contribution >= 4 is 5.69 Å². The Bertz CT molecular complexity index is 364. The summed E-state index contributed by atoms with van der Waals surface area (Å²) in [7, 11) is 0. The SMILES string of the molecule is CC(C)c1ccccc1NC(C)C1CCCCC1. The maximum absolute atomic E-state index is 3.76. The molecule has 0 bridgehead atoms. The average Bonchev–Trinajstić information content (AvgIpc) is 2.40. The molecule has 1 aliphatic carbocycles. The Labute approximate surface area is 112 Å². The molecule has 1 nitrogen and oxygen atoms in total. The van der Waals surface area contributed by atoms with E-state index in [1.807, 2.05) is 0 Å². The highest BCUT2D eigenvalue weighted by Crippen LogP contribution is 2.30. The minimum Gasteiger partial charge on any atom is -0.382 e. The highest BCUT2D eigenvalue weighted by Gasteiger charge is 2.20. The second-order valence-corrected chi connectivity index (χ2v) is 6.07. The molecule has 0 saturated heterocycles. The van der Waals surface area contributed by atoms with E-state index in [1.165, 1.54) is 43.4 Å². The maximum atomic E-state index is 3.76. The van der Waals surface area contributed by atoms with Gasteiger partial charge < -0.3 is 5.32 Å². The molecule has 1 atom stereocenters. The third-order valence-electron chi connectivity index (χ3n) is 4.32. The highest BCUT2D eigenvalue weighted by molar-refractivity contribution is 5.53. The molecule has 1 saturated carbocycles. The molecular formula is C17H27N. The number of hydrogen-bond acceptors (Lipinski definition) is 1. The largest absolute Gasteiger partial charge is 0.382 e.